The van der Waals surface area contributed by atoms with Gasteiger partial charge in [0.15, 0.2) is 11.9 Å². The van der Waals surface area contributed by atoms with E-state index in [-0.39, 0.29) is 12.2 Å². The van der Waals surface area contributed by atoms with Gasteiger partial charge in [-0.1, -0.05) is 0 Å². The highest BCUT2D eigenvalue weighted by Crippen LogP contribution is 2.54. The van der Waals surface area contributed by atoms with Crippen molar-refractivity contribution in [2.45, 2.75) is 50.4 Å². The van der Waals surface area contributed by atoms with Crippen LogP contribution in [0.5, 0.6) is 0 Å². The fraction of sp³-hybridized carbons (Fsp3) is 0.619. The maximum atomic E-state index is 13.4. The van der Waals surface area contributed by atoms with E-state index < -0.39 is 59.3 Å². The van der Waals surface area contributed by atoms with Gasteiger partial charge in [0.1, 0.15) is 6.10 Å². The lowest BCUT2D eigenvalue weighted by molar-refractivity contribution is -0.186. The number of cyclic esters (lactones) is 1. The Balaban J connectivity index is 1.73. The molecule has 1 aromatic rings. The van der Waals surface area contributed by atoms with E-state index in [9.17, 15) is 19.2 Å². The molecule has 2 saturated carbocycles. The topological polar surface area (TPSA) is 135 Å². The molecule has 0 bridgehead atoms. The fourth-order valence-corrected chi connectivity index (χ4v) is 5.57. The third-order valence-electron chi connectivity index (χ3n) is 6.89. The molecule has 2 N–H and O–H groups in total. The molecule has 3 fully saturated rings. The van der Waals surface area contributed by atoms with Crippen molar-refractivity contribution in [3.8, 4) is 0 Å². The highest BCUT2D eigenvalue weighted by atomic mass is 16.6. The van der Waals surface area contributed by atoms with Gasteiger partial charge in [-0.05, 0) is 31.2 Å². The van der Waals surface area contributed by atoms with E-state index in [1.807, 2.05) is 0 Å². The van der Waals surface area contributed by atoms with Crippen molar-refractivity contribution < 1.29 is 37.8 Å². The average molecular weight is 419 g/mol. The van der Waals surface area contributed by atoms with Gasteiger partial charge in [-0.3, -0.25) is 19.2 Å². The maximum absolute atomic E-state index is 13.4. The number of ketones is 1. The van der Waals surface area contributed by atoms with E-state index >= 15 is 0 Å². The minimum absolute atomic E-state index is 0.0227. The quantitative estimate of drug-likeness (QED) is 0.568. The number of hydrogen-bond donors (Lipinski definition) is 1. The lowest BCUT2D eigenvalue weighted by Gasteiger charge is -2.55. The smallest absolute Gasteiger partial charge is 0.310 e. The Kier molecular flexibility index (Phi) is 5.17. The number of methoxy groups -OCH3 is 1. The van der Waals surface area contributed by atoms with Crippen molar-refractivity contribution in [1.82, 2.24) is 0 Å². The van der Waals surface area contributed by atoms with Crippen LogP contribution >= 0.6 is 0 Å². The zero-order valence-corrected chi connectivity index (χ0v) is 16.9. The Labute approximate surface area is 173 Å². The summed E-state index contributed by atoms with van der Waals surface area (Å²) in [7, 11) is 1.26. The summed E-state index contributed by atoms with van der Waals surface area (Å²) in [6, 6.07) is 1.71. The molecule has 9 nitrogen and oxygen atoms in total. The molecule has 3 aliphatic rings. The first kappa shape index (κ1) is 20.6. The third-order valence-corrected chi connectivity index (χ3v) is 6.89. The number of carbonyl (C=O) groups excluding carboxylic acids is 4. The van der Waals surface area contributed by atoms with Gasteiger partial charge in [0.2, 0.25) is 0 Å². The Bertz CT molecular complexity index is 864. The summed E-state index contributed by atoms with van der Waals surface area (Å²) in [5.74, 6) is -4.50. The van der Waals surface area contributed by atoms with Crippen molar-refractivity contribution in [3.63, 3.8) is 0 Å². The normalized spacial score (nSPS) is 38.1. The van der Waals surface area contributed by atoms with Gasteiger partial charge in [-0.15, -0.1) is 0 Å². The van der Waals surface area contributed by atoms with Gasteiger partial charge < -0.3 is 24.4 Å². The first-order valence-corrected chi connectivity index (χ1v) is 10.1. The Morgan fingerprint density at radius 1 is 1.27 bits per heavy atom. The molecule has 1 aliphatic heterocycles. The van der Waals surface area contributed by atoms with Gasteiger partial charge in [-0.2, -0.15) is 0 Å². The molecule has 9 heteroatoms. The second kappa shape index (κ2) is 7.54. The van der Waals surface area contributed by atoms with Crippen LogP contribution in [-0.4, -0.2) is 42.4 Å². The molecule has 1 aromatic heterocycles. The molecule has 2 heterocycles. The summed E-state index contributed by atoms with van der Waals surface area (Å²) in [6.45, 7) is 1.21. The molecule has 0 spiro atoms. The highest BCUT2D eigenvalue weighted by molar-refractivity contribution is 5.93. The number of carbonyl (C=O) groups is 4. The summed E-state index contributed by atoms with van der Waals surface area (Å²) < 4.78 is 20.9. The minimum Gasteiger partial charge on any atom is -0.472 e. The number of nitrogens with two attached hydrogens (primary N) is 1. The van der Waals surface area contributed by atoms with E-state index in [0.717, 1.165) is 0 Å². The number of rotatable bonds is 3. The third kappa shape index (κ3) is 3.21. The zero-order valence-electron chi connectivity index (χ0n) is 16.9. The van der Waals surface area contributed by atoms with E-state index in [0.29, 0.717) is 24.8 Å². The van der Waals surface area contributed by atoms with E-state index in [1.165, 1.54) is 26.6 Å². The zero-order chi connectivity index (χ0) is 21.6. The first-order chi connectivity index (χ1) is 14.3. The second-order valence-electron chi connectivity index (χ2n) is 8.43. The van der Waals surface area contributed by atoms with Crippen LogP contribution < -0.4 is 5.73 Å². The molecular formula is C21H25NO8. The van der Waals surface area contributed by atoms with E-state index in [4.69, 9.17) is 24.4 Å². The Morgan fingerprint density at radius 3 is 2.67 bits per heavy atom. The fourth-order valence-electron chi connectivity index (χ4n) is 5.57. The molecule has 1 saturated heterocycles. The average Bonchev–Trinajstić information content (AvgIpc) is 3.23. The SMILES string of the molecule is COC(=O)[C@@H]1C[C@H](OC(C)=O)C(=O)[C@@H]2[C@H]3C[C@@H](c4ccoc4)OC(=O)[C@@H]3CC[C@]21N. The minimum atomic E-state index is -1.18. The second-order valence-corrected chi connectivity index (χ2v) is 8.43. The van der Waals surface area contributed by atoms with Crippen molar-refractivity contribution in [3.05, 3.63) is 24.2 Å². The van der Waals surface area contributed by atoms with Gasteiger partial charge in [-0.25, -0.2) is 0 Å². The Hall–Kier alpha value is -2.68. The van der Waals surface area contributed by atoms with E-state index in [1.54, 1.807) is 6.07 Å². The number of ether oxygens (including phenoxy) is 3. The lowest BCUT2D eigenvalue weighted by Crippen LogP contribution is -2.69. The summed E-state index contributed by atoms with van der Waals surface area (Å²) in [6.07, 6.45) is 2.36. The molecule has 162 valence electrons. The summed E-state index contributed by atoms with van der Waals surface area (Å²) in [5, 5.41) is 0. The molecule has 0 unspecified atom stereocenters. The van der Waals surface area contributed by atoms with Crippen molar-refractivity contribution in [2.75, 3.05) is 7.11 Å². The van der Waals surface area contributed by atoms with Crippen LogP contribution in [0.25, 0.3) is 0 Å². The van der Waals surface area contributed by atoms with Crippen LogP contribution in [0.15, 0.2) is 23.0 Å². The summed E-state index contributed by atoms with van der Waals surface area (Å²) >= 11 is 0. The van der Waals surface area contributed by atoms with E-state index in [2.05, 4.69) is 0 Å². The number of furan rings is 1. The predicted molar refractivity (Wildman–Crippen MR) is 99.5 cm³/mol. The van der Waals surface area contributed by atoms with Crippen LogP contribution in [0, 0.1) is 23.7 Å². The van der Waals surface area contributed by atoms with Gasteiger partial charge in [0, 0.05) is 30.4 Å². The molecule has 4 rings (SSSR count). The molecule has 0 amide bonds. The van der Waals surface area contributed by atoms with Crippen LogP contribution in [0.3, 0.4) is 0 Å². The van der Waals surface area contributed by atoms with Crippen molar-refractivity contribution >= 4 is 23.7 Å². The molecule has 7 atom stereocenters. The number of hydrogen-bond acceptors (Lipinski definition) is 9. The monoisotopic (exact) mass is 419 g/mol. The molecular weight excluding hydrogens is 394 g/mol. The summed E-state index contributed by atoms with van der Waals surface area (Å²) in [5.41, 5.74) is 6.27. The van der Waals surface area contributed by atoms with Crippen LogP contribution in [0.4, 0.5) is 0 Å². The molecule has 0 aromatic carbocycles. The van der Waals surface area contributed by atoms with Crippen LogP contribution in [0.2, 0.25) is 0 Å². The standard InChI is InChI=1S/C21H25NO8/c1-10(23)29-16-8-14(20(26)27-2)21(22)5-3-12-13(17(21)18(16)24)7-15(30-19(12)25)11-4-6-28-9-11/h4,6,9,12-17H,3,5,7-8,22H2,1-2H3/t12-,13+,14+,15+,16+,17+,21-/m1/s1. The van der Waals surface area contributed by atoms with Gasteiger partial charge >= 0.3 is 17.9 Å². The molecule has 0 radical (unpaired) electrons. The van der Waals surface area contributed by atoms with Gasteiger partial charge in [0.05, 0.1) is 31.5 Å². The summed E-state index contributed by atoms with van der Waals surface area (Å²) in [4.78, 5) is 50.4. The van der Waals surface area contributed by atoms with Gasteiger partial charge in [0.25, 0.3) is 0 Å². The first-order valence-electron chi connectivity index (χ1n) is 10.1. The number of fused-ring (bicyclic) bond motifs is 3. The largest absolute Gasteiger partial charge is 0.472 e. The molecule has 2 aliphatic carbocycles. The molecule has 30 heavy (non-hydrogen) atoms. The number of esters is 3. The highest BCUT2D eigenvalue weighted by Gasteiger charge is 2.63. The lowest BCUT2D eigenvalue weighted by atomic mass is 9.51. The number of Topliss-reactive ketones (excluding diaryl/α,β-unsaturated/α-hetero) is 1. The van der Waals surface area contributed by atoms with Crippen LogP contribution in [0.1, 0.15) is 44.3 Å². The van der Waals surface area contributed by atoms with Crippen LogP contribution in [-0.2, 0) is 33.4 Å². The Morgan fingerprint density at radius 2 is 2.03 bits per heavy atom. The maximum Gasteiger partial charge on any atom is 0.310 e. The predicted octanol–water partition coefficient (Wildman–Crippen LogP) is 1.30. The van der Waals surface area contributed by atoms with Crippen molar-refractivity contribution in [1.29, 1.82) is 0 Å². The van der Waals surface area contributed by atoms with Crippen molar-refractivity contribution in [2.24, 2.45) is 29.4 Å².